The molecule has 1 amide bonds. The number of nitrogens with zero attached hydrogens (tertiary/aromatic N) is 1. The molecule has 2 N–H and O–H groups in total. The topological polar surface area (TPSA) is 78.9 Å². The van der Waals surface area contributed by atoms with Crippen molar-refractivity contribution in [1.29, 1.82) is 0 Å². The van der Waals surface area contributed by atoms with Crippen molar-refractivity contribution < 1.29 is 19.4 Å². The van der Waals surface area contributed by atoms with Crippen LogP contribution in [0, 0.1) is 0 Å². The van der Waals surface area contributed by atoms with E-state index in [0.717, 1.165) is 0 Å². The van der Waals surface area contributed by atoms with Gasteiger partial charge in [0.2, 0.25) is 0 Å². The smallest absolute Gasteiger partial charge is 0.424 e. The number of hydrogen-bond acceptors (Lipinski definition) is 4. The Morgan fingerprint density at radius 2 is 2.06 bits per heavy atom. The summed E-state index contributed by atoms with van der Waals surface area (Å²) in [5, 5.41) is 10.1. The summed E-state index contributed by atoms with van der Waals surface area (Å²) in [6.07, 6.45) is 0.649. The minimum atomic E-state index is -0.951. The fraction of sp³-hybridized carbons (Fsp3) is 0.800. The van der Waals surface area contributed by atoms with Crippen molar-refractivity contribution in [2.75, 3.05) is 6.54 Å². The molecular formula is C10H18N2O4. The Morgan fingerprint density at radius 1 is 1.44 bits per heavy atom. The maximum Gasteiger partial charge on any atom is 0.424 e. The molecule has 0 spiro atoms. The van der Waals surface area contributed by atoms with E-state index in [1.54, 1.807) is 20.8 Å². The Balaban J connectivity index is 2.54. The lowest BCUT2D eigenvalue weighted by Crippen LogP contribution is -2.55. The van der Waals surface area contributed by atoms with E-state index in [0.29, 0.717) is 19.4 Å². The Morgan fingerprint density at radius 3 is 2.56 bits per heavy atom. The fourth-order valence-electron chi connectivity index (χ4n) is 1.41. The van der Waals surface area contributed by atoms with Gasteiger partial charge >= 0.3 is 12.1 Å². The molecule has 0 aromatic rings. The largest absolute Gasteiger partial charge is 0.480 e. The van der Waals surface area contributed by atoms with Crippen molar-refractivity contribution in [2.45, 2.75) is 45.3 Å². The number of hydrogen-bond donors (Lipinski definition) is 2. The molecule has 1 heterocycles. The molecule has 0 bridgehead atoms. The second kappa shape index (κ2) is 4.69. The number of rotatable bonds is 1. The first-order valence-corrected chi connectivity index (χ1v) is 5.29. The monoisotopic (exact) mass is 230 g/mol. The van der Waals surface area contributed by atoms with Crippen LogP contribution in [0.4, 0.5) is 4.79 Å². The van der Waals surface area contributed by atoms with E-state index in [-0.39, 0.29) is 0 Å². The molecule has 1 atom stereocenters. The summed E-state index contributed by atoms with van der Waals surface area (Å²) in [5.74, 6) is -0.951. The minimum absolute atomic E-state index is 0.471. The molecule has 0 aliphatic carbocycles. The van der Waals surface area contributed by atoms with Crippen LogP contribution in [0.3, 0.4) is 0 Å². The Hall–Kier alpha value is -1.30. The molecule has 0 radical (unpaired) electrons. The quantitative estimate of drug-likeness (QED) is 0.702. The highest BCUT2D eigenvalue weighted by atomic mass is 16.6. The molecule has 92 valence electrons. The first-order chi connectivity index (χ1) is 7.29. The van der Waals surface area contributed by atoms with Crippen LogP contribution >= 0.6 is 0 Å². The number of ether oxygens (including phenoxy) is 1. The van der Waals surface area contributed by atoms with Crippen molar-refractivity contribution in [3.63, 3.8) is 0 Å². The molecule has 1 fully saturated rings. The highest BCUT2D eigenvalue weighted by molar-refractivity contribution is 5.75. The maximum atomic E-state index is 11.6. The van der Waals surface area contributed by atoms with E-state index >= 15 is 0 Å². The molecule has 6 nitrogen and oxygen atoms in total. The number of nitrogens with one attached hydrogen (secondary N) is 1. The van der Waals surface area contributed by atoms with Gasteiger partial charge in [-0.3, -0.25) is 4.79 Å². The summed E-state index contributed by atoms with van der Waals surface area (Å²) in [6, 6.07) is -0.707. The number of amides is 1. The zero-order valence-electron chi connectivity index (χ0n) is 9.82. The van der Waals surface area contributed by atoms with Gasteiger partial charge in [0, 0.05) is 6.54 Å². The van der Waals surface area contributed by atoms with Crippen LogP contribution in [0.1, 0.15) is 33.6 Å². The van der Waals surface area contributed by atoms with Crippen LogP contribution in [-0.4, -0.2) is 40.4 Å². The molecular weight excluding hydrogens is 212 g/mol. The lowest BCUT2D eigenvalue weighted by molar-refractivity contribution is -0.142. The van der Waals surface area contributed by atoms with Gasteiger partial charge in [0.15, 0.2) is 0 Å². The highest BCUT2D eigenvalue weighted by Crippen LogP contribution is 2.13. The third-order valence-electron chi connectivity index (χ3n) is 2.10. The third kappa shape index (κ3) is 3.69. The van der Waals surface area contributed by atoms with Crippen molar-refractivity contribution >= 4 is 12.1 Å². The number of carboxylic acid groups (broad SMARTS) is 1. The Bertz CT molecular complexity index is 285. The normalized spacial score (nSPS) is 21.7. The maximum absolute atomic E-state index is 11.6. The van der Waals surface area contributed by atoms with E-state index < -0.39 is 23.7 Å². The van der Waals surface area contributed by atoms with Gasteiger partial charge in [-0.1, -0.05) is 0 Å². The molecule has 1 rings (SSSR count). The summed E-state index contributed by atoms with van der Waals surface area (Å²) < 4.78 is 5.14. The zero-order valence-corrected chi connectivity index (χ0v) is 9.82. The summed E-state index contributed by atoms with van der Waals surface area (Å²) in [4.78, 5) is 22.4. The lowest BCUT2D eigenvalue weighted by atomic mass is 10.1. The van der Waals surface area contributed by atoms with Crippen molar-refractivity contribution in [3.05, 3.63) is 0 Å². The summed E-state index contributed by atoms with van der Waals surface area (Å²) in [7, 11) is 0. The summed E-state index contributed by atoms with van der Waals surface area (Å²) in [5.41, 5.74) is 2.06. The Labute approximate surface area is 94.5 Å². The van der Waals surface area contributed by atoms with Crippen LogP contribution in [0.5, 0.6) is 0 Å². The van der Waals surface area contributed by atoms with E-state index in [9.17, 15) is 9.59 Å². The number of carboxylic acids is 1. The molecule has 1 aliphatic rings. The predicted molar refractivity (Wildman–Crippen MR) is 56.7 cm³/mol. The molecule has 6 heteroatoms. The van der Waals surface area contributed by atoms with Gasteiger partial charge in [0.25, 0.3) is 0 Å². The van der Waals surface area contributed by atoms with Crippen LogP contribution in [0.2, 0.25) is 0 Å². The number of carbonyl (C=O) groups is 2. The molecule has 1 aliphatic heterocycles. The minimum Gasteiger partial charge on any atom is -0.480 e. The van der Waals surface area contributed by atoms with Gasteiger partial charge < -0.3 is 9.84 Å². The van der Waals surface area contributed by atoms with Crippen molar-refractivity contribution in [3.8, 4) is 0 Å². The van der Waals surface area contributed by atoms with Gasteiger partial charge in [-0.15, -0.1) is 0 Å². The average Bonchev–Trinajstić information content (AvgIpc) is 2.15. The van der Waals surface area contributed by atoms with E-state index in [1.165, 1.54) is 5.01 Å². The highest BCUT2D eigenvalue weighted by Gasteiger charge is 2.30. The van der Waals surface area contributed by atoms with Gasteiger partial charge in [0.05, 0.1) is 0 Å². The van der Waals surface area contributed by atoms with Gasteiger partial charge in [-0.25, -0.2) is 15.2 Å². The lowest BCUT2D eigenvalue weighted by Gasteiger charge is -2.33. The second-order valence-corrected chi connectivity index (χ2v) is 4.79. The second-order valence-electron chi connectivity index (χ2n) is 4.79. The predicted octanol–water partition coefficient (Wildman–Crippen LogP) is 0.975. The number of aliphatic carboxylic acids is 1. The van der Waals surface area contributed by atoms with Crippen LogP contribution < -0.4 is 5.43 Å². The van der Waals surface area contributed by atoms with Crippen LogP contribution in [-0.2, 0) is 9.53 Å². The fourth-order valence-corrected chi connectivity index (χ4v) is 1.41. The van der Waals surface area contributed by atoms with Crippen LogP contribution in [0.25, 0.3) is 0 Å². The van der Waals surface area contributed by atoms with Gasteiger partial charge in [0.1, 0.15) is 11.6 Å². The molecule has 16 heavy (non-hydrogen) atoms. The first-order valence-electron chi connectivity index (χ1n) is 5.29. The Kier molecular flexibility index (Phi) is 3.74. The van der Waals surface area contributed by atoms with Crippen molar-refractivity contribution in [1.82, 2.24) is 10.4 Å². The standard InChI is InChI=1S/C10H18N2O4/c1-10(2,3)16-9(15)12-6-4-5-7(11-12)8(13)14/h7,11H,4-6H2,1-3H3,(H,13,14)/t7-/m1/s1. The van der Waals surface area contributed by atoms with Gasteiger partial charge in [-0.05, 0) is 33.6 Å². The van der Waals surface area contributed by atoms with E-state index in [4.69, 9.17) is 9.84 Å². The third-order valence-corrected chi connectivity index (χ3v) is 2.10. The van der Waals surface area contributed by atoms with Gasteiger partial charge in [-0.2, -0.15) is 0 Å². The number of carbonyl (C=O) groups excluding carboxylic acids is 1. The summed E-state index contributed by atoms with van der Waals surface area (Å²) >= 11 is 0. The molecule has 0 aromatic heterocycles. The average molecular weight is 230 g/mol. The SMILES string of the molecule is CC(C)(C)OC(=O)N1CCC[C@H](C(=O)O)N1. The van der Waals surface area contributed by atoms with Crippen molar-refractivity contribution in [2.24, 2.45) is 0 Å². The van der Waals surface area contributed by atoms with E-state index in [2.05, 4.69) is 5.43 Å². The van der Waals surface area contributed by atoms with E-state index in [1.807, 2.05) is 0 Å². The van der Waals surface area contributed by atoms with Crippen LogP contribution in [0.15, 0.2) is 0 Å². The molecule has 1 saturated heterocycles. The number of hydrazine groups is 1. The molecule has 0 saturated carbocycles. The first kappa shape index (κ1) is 12.8. The molecule has 0 unspecified atom stereocenters. The molecule has 0 aromatic carbocycles. The zero-order chi connectivity index (χ0) is 12.3. The summed E-state index contributed by atoms with van der Waals surface area (Å²) in [6.45, 7) is 5.77.